The molecule has 17 heavy (non-hydrogen) atoms. The second-order valence-corrected chi connectivity index (χ2v) is 4.61. The van der Waals surface area contributed by atoms with Crippen LogP contribution >= 0.6 is 25.3 Å². The summed E-state index contributed by atoms with van der Waals surface area (Å²) >= 11 is 7.83. The zero-order valence-electron chi connectivity index (χ0n) is 9.06. The van der Waals surface area contributed by atoms with E-state index < -0.39 is 30.6 Å². The Kier molecular flexibility index (Phi) is 6.04. The SMILES string of the molecule is O=C(CCS)NC1[C@H](O)OC(CS)[C@@H](O)[C@@H]1O. The minimum Gasteiger partial charge on any atom is -0.388 e. The summed E-state index contributed by atoms with van der Waals surface area (Å²) in [5, 5.41) is 31.4. The van der Waals surface area contributed by atoms with Gasteiger partial charge < -0.3 is 25.4 Å². The number of amides is 1. The number of rotatable bonds is 4. The highest BCUT2D eigenvalue weighted by molar-refractivity contribution is 7.80. The molecule has 0 aromatic carbocycles. The summed E-state index contributed by atoms with van der Waals surface area (Å²) in [6.07, 6.45) is -4.46. The van der Waals surface area contributed by atoms with Gasteiger partial charge in [-0.3, -0.25) is 4.79 Å². The van der Waals surface area contributed by atoms with Gasteiger partial charge >= 0.3 is 0 Å². The van der Waals surface area contributed by atoms with E-state index in [9.17, 15) is 20.1 Å². The van der Waals surface area contributed by atoms with Crippen molar-refractivity contribution in [2.24, 2.45) is 0 Å². The van der Waals surface area contributed by atoms with Crippen LogP contribution in [0.1, 0.15) is 6.42 Å². The van der Waals surface area contributed by atoms with E-state index in [0.29, 0.717) is 5.75 Å². The number of carbonyl (C=O) groups is 1. The van der Waals surface area contributed by atoms with Gasteiger partial charge in [0, 0.05) is 12.2 Å². The van der Waals surface area contributed by atoms with Crippen molar-refractivity contribution >= 4 is 31.2 Å². The number of aliphatic hydroxyl groups is 3. The predicted octanol–water partition coefficient (Wildman–Crippen LogP) is -1.84. The third kappa shape index (κ3) is 3.73. The molecular weight excluding hydrogens is 266 g/mol. The minimum atomic E-state index is -1.37. The molecular formula is C9H17NO5S2. The summed E-state index contributed by atoms with van der Waals surface area (Å²) in [5.41, 5.74) is 0. The first-order chi connectivity index (χ1) is 8.01. The van der Waals surface area contributed by atoms with E-state index in [-0.39, 0.29) is 18.1 Å². The first kappa shape index (κ1) is 15.1. The van der Waals surface area contributed by atoms with E-state index in [0.717, 1.165) is 0 Å². The topological polar surface area (TPSA) is 99.0 Å². The quantitative estimate of drug-likeness (QED) is 0.341. The Hall–Kier alpha value is 0.01000. The fourth-order valence-electron chi connectivity index (χ4n) is 1.61. The molecule has 1 aliphatic rings. The highest BCUT2D eigenvalue weighted by atomic mass is 32.1. The lowest BCUT2D eigenvalue weighted by atomic mass is 9.97. The monoisotopic (exact) mass is 283 g/mol. The number of carbonyl (C=O) groups excluding carboxylic acids is 1. The highest BCUT2D eigenvalue weighted by Crippen LogP contribution is 2.20. The van der Waals surface area contributed by atoms with Crippen LogP contribution in [0, 0.1) is 0 Å². The first-order valence-corrected chi connectivity index (χ1v) is 6.48. The summed E-state index contributed by atoms with van der Waals surface area (Å²) < 4.78 is 5.05. The van der Waals surface area contributed by atoms with E-state index in [1.807, 2.05) is 0 Å². The molecule has 1 aliphatic heterocycles. The third-order valence-corrected chi connectivity index (χ3v) is 3.15. The van der Waals surface area contributed by atoms with Crippen LogP contribution in [-0.4, -0.2) is 63.4 Å². The molecule has 0 aromatic heterocycles. The molecule has 0 saturated carbocycles. The Morgan fingerprint density at radius 3 is 2.41 bits per heavy atom. The average molecular weight is 283 g/mol. The standard InChI is InChI=1S/C9H17NO5S2/c11-5(1-2-16)10-6-8(13)7(12)4(3-17)15-9(6)14/h4,6-9,12-14,16-17H,1-3H2,(H,10,11)/t4?,6?,7-,8-,9-/m1/s1. The van der Waals surface area contributed by atoms with Crippen LogP contribution in [0.5, 0.6) is 0 Å². The molecule has 100 valence electrons. The summed E-state index contributed by atoms with van der Waals surface area (Å²) in [7, 11) is 0. The van der Waals surface area contributed by atoms with Crippen LogP contribution in [0.3, 0.4) is 0 Å². The van der Waals surface area contributed by atoms with Gasteiger partial charge in [0.1, 0.15) is 18.2 Å². The molecule has 1 heterocycles. The summed E-state index contributed by atoms with van der Waals surface area (Å²) in [5.74, 6) is 0.142. The molecule has 2 unspecified atom stereocenters. The summed E-state index contributed by atoms with van der Waals surface area (Å²) in [4.78, 5) is 11.3. The van der Waals surface area contributed by atoms with Crippen LogP contribution in [-0.2, 0) is 9.53 Å². The first-order valence-electron chi connectivity index (χ1n) is 5.22. The van der Waals surface area contributed by atoms with Crippen LogP contribution in [0.15, 0.2) is 0 Å². The summed E-state index contributed by atoms with van der Waals surface area (Å²) in [6.45, 7) is 0. The van der Waals surface area contributed by atoms with Crippen LogP contribution < -0.4 is 5.32 Å². The highest BCUT2D eigenvalue weighted by Gasteiger charge is 2.43. The van der Waals surface area contributed by atoms with E-state index >= 15 is 0 Å². The largest absolute Gasteiger partial charge is 0.388 e. The number of thiol groups is 2. The van der Waals surface area contributed by atoms with Crippen molar-refractivity contribution in [3.05, 3.63) is 0 Å². The summed E-state index contributed by atoms with van der Waals surface area (Å²) in [6, 6.07) is -1.05. The number of ether oxygens (including phenoxy) is 1. The Bertz CT molecular complexity index is 268. The second kappa shape index (κ2) is 6.81. The maximum Gasteiger partial charge on any atom is 0.221 e. The fourth-order valence-corrected chi connectivity index (χ4v) is 2.12. The molecule has 8 heteroatoms. The van der Waals surface area contributed by atoms with Crippen LogP contribution in [0.25, 0.3) is 0 Å². The Morgan fingerprint density at radius 2 is 1.88 bits per heavy atom. The van der Waals surface area contributed by atoms with Gasteiger partial charge in [-0.2, -0.15) is 25.3 Å². The molecule has 6 nitrogen and oxygen atoms in total. The zero-order chi connectivity index (χ0) is 13.0. The van der Waals surface area contributed by atoms with E-state index in [1.165, 1.54) is 0 Å². The molecule has 1 rings (SSSR count). The molecule has 1 fully saturated rings. The van der Waals surface area contributed by atoms with Crippen molar-refractivity contribution in [3.63, 3.8) is 0 Å². The number of aliphatic hydroxyl groups excluding tert-OH is 3. The lowest BCUT2D eigenvalue weighted by molar-refractivity contribution is -0.241. The molecule has 0 aliphatic carbocycles. The van der Waals surface area contributed by atoms with E-state index in [4.69, 9.17) is 4.74 Å². The fraction of sp³-hybridized carbons (Fsp3) is 0.889. The molecule has 1 amide bonds. The normalized spacial score (nSPS) is 37.8. The van der Waals surface area contributed by atoms with Crippen LogP contribution in [0.2, 0.25) is 0 Å². The lowest BCUT2D eigenvalue weighted by Gasteiger charge is -2.40. The third-order valence-electron chi connectivity index (χ3n) is 2.57. The van der Waals surface area contributed by atoms with Crippen molar-refractivity contribution in [1.29, 1.82) is 0 Å². The van der Waals surface area contributed by atoms with Crippen LogP contribution in [0.4, 0.5) is 0 Å². The van der Waals surface area contributed by atoms with E-state index in [2.05, 4.69) is 30.6 Å². The average Bonchev–Trinajstić information content (AvgIpc) is 2.29. The molecule has 0 aromatic rings. The maximum atomic E-state index is 11.3. The maximum absolute atomic E-state index is 11.3. The van der Waals surface area contributed by atoms with Gasteiger partial charge in [0.15, 0.2) is 6.29 Å². The number of hydrogen-bond acceptors (Lipinski definition) is 7. The number of hydrogen-bond donors (Lipinski definition) is 6. The van der Waals surface area contributed by atoms with Crippen molar-refractivity contribution in [3.8, 4) is 0 Å². The smallest absolute Gasteiger partial charge is 0.221 e. The molecule has 1 saturated heterocycles. The van der Waals surface area contributed by atoms with Gasteiger partial charge in [0.05, 0.1) is 6.10 Å². The van der Waals surface area contributed by atoms with Crippen molar-refractivity contribution < 1.29 is 24.9 Å². The van der Waals surface area contributed by atoms with Crippen molar-refractivity contribution in [2.45, 2.75) is 37.1 Å². The Balaban J connectivity index is 2.63. The number of nitrogens with one attached hydrogen (secondary N) is 1. The van der Waals surface area contributed by atoms with Crippen molar-refractivity contribution in [2.75, 3.05) is 11.5 Å². The van der Waals surface area contributed by atoms with E-state index in [1.54, 1.807) is 0 Å². The second-order valence-electron chi connectivity index (χ2n) is 3.80. The van der Waals surface area contributed by atoms with Gasteiger partial charge in [-0.1, -0.05) is 0 Å². The Labute approximate surface area is 110 Å². The van der Waals surface area contributed by atoms with Gasteiger partial charge in [-0.15, -0.1) is 0 Å². The molecule has 0 radical (unpaired) electrons. The van der Waals surface area contributed by atoms with Gasteiger partial charge in [0.25, 0.3) is 0 Å². The lowest BCUT2D eigenvalue weighted by Crippen LogP contribution is -2.63. The van der Waals surface area contributed by atoms with Gasteiger partial charge in [-0.05, 0) is 5.75 Å². The minimum absolute atomic E-state index is 0.158. The molecule has 5 atom stereocenters. The molecule has 4 N–H and O–H groups in total. The molecule has 0 spiro atoms. The molecule has 0 bridgehead atoms. The Morgan fingerprint density at radius 1 is 1.24 bits per heavy atom. The van der Waals surface area contributed by atoms with Gasteiger partial charge in [0.2, 0.25) is 5.91 Å². The zero-order valence-corrected chi connectivity index (χ0v) is 10.8. The predicted molar refractivity (Wildman–Crippen MR) is 67.1 cm³/mol. The van der Waals surface area contributed by atoms with Crippen molar-refractivity contribution in [1.82, 2.24) is 5.32 Å². The van der Waals surface area contributed by atoms with Gasteiger partial charge in [-0.25, -0.2) is 0 Å².